The van der Waals surface area contributed by atoms with Gasteiger partial charge < -0.3 is 8.94 Å². The number of rotatable bonds is 4. The highest BCUT2D eigenvalue weighted by Gasteiger charge is 2.30. The molecule has 1 saturated heterocycles. The third kappa shape index (κ3) is 3.14. The third-order valence-corrected chi connectivity index (χ3v) is 4.99. The van der Waals surface area contributed by atoms with Crippen LogP contribution in [0.5, 0.6) is 0 Å². The maximum Gasteiger partial charge on any atom is 0.250 e. The number of hydrogen-bond acceptors (Lipinski definition) is 6. The molecule has 136 valence electrons. The molecule has 3 heterocycles. The smallest absolute Gasteiger partial charge is 0.250 e. The highest BCUT2D eigenvalue weighted by Crippen LogP contribution is 2.34. The molecule has 1 atom stereocenters. The fourth-order valence-electron chi connectivity index (χ4n) is 3.50. The Bertz CT molecular complexity index is 885. The third-order valence-electron chi connectivity index (χ3n) is 4.99. The lowest BCUT2D eigenvalue weighted by molar-refractivity contribution is 0.117. The zero-order valence-electron chi connectivity index (χ0n) is 14.9. The second-order valence-electron chi connectivity index (χ2n) is 6.71. The first-order valence-corrected chi connectivity index (χ1v) is 8.87. The maximum absolute atomic E-state index is 14.0. The van der Waals surface area contributed by atoms with E-state index in [9.17, 15) is 4.39 Å². The van der Waals surface area contributed by atoms with Gasteiger partial charge >= 0.3 is 0 Å². The Balaban J connectivity index is 1.60. The highest BCUT2D eigenvalue weighted by atomic mass is 19.1. The SMILES string of the molecule is Cc1noc(C)c1CN1CCCCC1c1nnc(-c2ccccc2F)o1. The van der Waals surface area contributed by atoms with Gasteiger partial charge in [-0.1, -0.05) is 23.7 Å². The van der Waals surface area contributed by atoms with E-state index in [1.807, 2.05) is 13.8 Å². The van der Waals surface area contributed by atoms with Crippen LogP contribution in [0.15, 0.2) is 33.2 Å². The minimum atomic E-state index is -0.362. The quantitative estimate of drug-likeness (QED) is 0.698. The largest absolute Gasteiger partial charge is 0.419 e. The van der Waals surface area contributed by atoms with E-state index in [0.29, 0.717) is 11.5 Å². The van der Waals surface area contributed by atoms with Gasteiger partial charge in [0, 0.05) is 12.1 Å². The molecule has 7 heteroatoms. The molecule has 2 aromatic heterocycles. The van der Waals surface area contributed by atoms with Crippen molar-refractivity contribution in [3.63, 3.8) is 0 Å². The Kier molecular flexibility index (Phi) is 4.55. The summed E-state index contributed by atoms with van der Waals surface area (Å²) in [5.74, 6) is 1.24. The van der Waals surface area contributed by atoms with Gasteiger partial charge in [-0.3, -0.25) is 4.90 Å². The van der Waals surface area contributed by atoms with Gasteiger partial charge in [0.25, 0.3) is 5.89 Å². The minimum Gasteiger partial charge on any atom is -0.419 e. The van der Waals surface area contributed by atoms with Gasteiger partial charge in [-0.15, -0.1) is 10.2 Å². The number of piperidine rings is 1. The molecule has 6 nitrogen and oxygen atoms in total. The summed E-state index contributed by atoms with van der Waals surface area (Å²) < 4.78 is 25.1. The Labute approximate surface area is 151 Å². The second kappa shape index (κ2) is 6.99. The maximum atomic E-state index is 14.0. The van der Waals surface area contributed by atoms with E-state index >= 15 is 0 Å². The second-order valence-corrected chi connectivity index (χ2v) is 6.71. The van der Waals surface area contributed by atoms with Crippen LogP contribution >= 0.6 is 0 Å². The zero-order valence-corrected chi connectivity index (χ0v) is 14.9. The molecule has 1 aromatic carbocycles. The van der Waals surface area contributed by atoms with Crippen molar-refractivity contribution in [1.82, 2.24) is 20.3 Å². The van der Waals surface area contributed by atoms with E-state index in [0.717, 1.165) is 49.4 Å². The van der Waals surface area contributed by atoms with E-state index in [-0.39, 0.29) is 17.7 Å². The van der Waals surface area contributed by atoms with Crippen molar-refractivity contribution in [1.29, 1.82) is 0 Å². The molecule has 0 aliphatic carbocycles. The van der Waals surface area contributed by atoms with Crippen LogP contribution in [0.2, 0.25) is 0 Å². The van der Waals surface area contributed by atoms with Crippen LogP contribution < -0.4 is 0 Å². The first-order chi connectivity index (χ1) is 12.6. The Morgan fingerprint density at radius 2 is 2.04 bits per heavy atom. The highest BCUT2D eigenvalue weighted by molar-refractivity contribution is 5.53. The van der Waals surface area contributed by atoms with Gasteiger partial charge in [-0.05, 0) is 45.4 Å². The molecule has 4 rings (SSSR count). The molecule has 0 bridgehead atoms. The fraction of sp³-hybridized carbons (Fsp3) is 0.421. The van der Waals surface area contributed by atoms with E-state index in [2.05, 4.69) is 20.3 Å². The van der Waals surface area contributed by atoms with Gasteiger partial charge in [0.05, 0.1) is 17.3 Å². The predicted molar refractivity (Wildman–Crippen MR) is 92.7 cm³/mol. The molecule has 1 aliphatic rings. The summed E-state index contributed by atoms with van der Waals surface area (Å²) in [5, 5.41) is 12.3. The number of aromatic nitrogens is 3. The summed E-state index contributed by atoms with van der Waals surface area (Å²) in [6.45, 7) is 5.54. The van der Waals surface area contributed by atoms with E-state index in [4.69, 9.17) is 8.94 Å². The average molecular weight is 356 g/mol. The molecule has 0 N–H and O–H groups in total. The summed E-state index contributed by atoms with van der Waals surface area (Å²) in [5.41, 5.74) is 2.34. The number of hydrogen-bond donors (Lipinski definition) is 0. The van der Waals surface area contributed by atoms with Crippen molar-refractivity contribution in [2.75, 3.05) is 6.54 Å². The van der Waals surface area contributed by atoms with Crippen LogP contribution in [0, 0.1) is 19.7 Å². The topological polar surface area (TPSA) is 68.2 Å². The molecule has 1 aliphatic heterocycles. The molecule has 0 amide bonds. The molecular formula is C19H21FN4O2. The lowest BCUT2D eigenvalue weighted by Gasteiger charge is -2.33. The van der Waals surface area contributed by atoms with Crippen molar-refractivity contribution in [2.45, 2.75) is 45.7 Å². The van der Waals surface area contributed by atoms with Gasteiger partial charge in [-0.25, -0.2) is 4.39 Å². The molecule has 1 unspecified atom stereocenters. The Morgan fingerprint density at radius 3 is 2.81 bits per heavy atom. The summed E-state index contributed by atoms with van der Waals surface area (Å²) in [4.78, 5) is 2.31. The van der Waals surface area contributed by atoms with Crippen LogP contribution in [-0.4, -0.2) is 26.8 Å². The Hall–Kier alpha value is -2.54. The number of likely N-dealkylation sites (tertiary alicyclic amines) is 1. The summed E-state index contributed by atoms with van der Waals surface area (Å²) >= 11 is 0. The van der Waals surface area contributed by atoms with E-state index in [1.165, 1.54) is 6.07 Å². The zero-order chi connectivity index (χ0) is 18.1. The molecule has 26 heavy (non-hydrogen) atoms. The van der Waals surface area contributed by atoms with E-state index < -0.39 is 0 Å². The molecule has 3 aromatic rings. The van der Waals surface area contributed by atoms with Crippen LogP contribution in [0.3, 0.4) is 0 Å². The van der Waals surface area contributed by atoms with Gasteiger partial charge in [0.2, 0.25) is 5.89 Å². The first kappa shape index (κ1) is 16.9. The number of aryl methyl sites for hydroxylation is 2. The number of benzene rings is 1. The van der Waals surface area contributed by atoms with Crippen molar-refractivity contribution < 1.29 is 13.3 Å². The van der Waals surface area contributed by atoms with Crippen molar-refractivity contribution in [3.05, 3.63) is 53.0 Å². The lowest BCUT2D eigenvalue weighted by Crippen LogP contribution is -2.33. The minimum absolute atomic E-state index is 0.0190. The van der Waals surface area contributed by atoms with Crippen LogP contribution in [0.25, 0.3) is 11.5 Å². The van der Waals surface area contributed by atoms with Crippen LogP contribution in [0.4, 0.5) is 4.39 Å². The van der Waals surface area contributed by atoms with Crippen molar-refractivity contribution in [3.8, 4) is 11.5 Å². The molecular weight excluding hydrogens is 335 g/mol. The molecule has 0 saturated carbocycles. The van der Waals surface area contributed by atoms with Crippen molar-refractivity contribution >= 4 is 0 Å². The fourth-order valence-corrected chi connectivity index (χ4v) is 3.50. The monoisotopic (exact) mass is 356 g/mol. The average Bonchev–Trinajstić information content (AvgIpc) is 3.25. The van der Waals surface area contributed by atoms with Gasteiger partial charge in [-0.2, -0.15) is 0 Å². The van der Waals surface area contributed by atoms with Crippen molar-refractivity contribution in [2.24, 2.45) is 0 Å². The van der Waals surface area contributed by atoms with Gasteiger partial charge in [0.1, 0.15) is 11.6 Å². The standard InChI is InChI=1S/C19H21FN4O2/c1-12-15(13(2)26-23-12)11-24-10-6-5-9-17(24)19-22-21-18(25-19)14-7-3-4-8-16(14)20/h3-4,7-8,17H,5-6,9-11H2,1-2H3. The van der Waals surface area contributed by atoms with Crippen LogP contribution in [0.1, 0.15) is 48.2 Å². The molecule has 1 fully saturated rings. The normalized spacial score (nSPS) is 18.3. The predicted octanol–water partition coefficient (Wildman–Crippen LogP) is 4.21. The number of nitrogens with zero attached hydrogens (tertiary/aromatic N) is 4. The lowest BCUT2D eigenvalue weighted by atomic mass is 10.0. The molecule has 0 radical (unpaired) electrons. The Morgan fingerprint density at radius 1 is 1.19 bits per heavy atom. The summed E-state index contributed by atoms with van der Waals surface area (Å²) in [6, 6.07) is 6.46. The number of halogens is 1. The molecule has 0 spiro atoms. The summed E-state index contributed by atoms with van der Waals surface area (Å²) in [7, 11) is 0. The van der Waals surface area contributed by atoms with E-state index in [1.54, 1.807) is 18.2 Å². The summed E-state index contributed by atoms with van der Waals surface area (Å²) in [6.07, 6.45) is 3.15. The van der Waals surface area contributed by atoms with Gasteiger partial charge in [0.15, 0.2) is 0 Å². The first-order valence-electron chi connectivity index (χ1n) is 8.87. The van der Waals surface area contributed by atoms with Crippen LogP contribution in [-0.2, 0) is 6.54 Å².